The lowest BCUT2D eigenvalue weighted by atomic mass is 9.90. The summed E-state index contributed by atoms with van der Waals surface area (Å²) in [4.78, 5) is 37.4. The Labute approximate surface area is 138 Å². The van der Waals surface area contributed by atoms with Crippen LogP contribution in [0.4, 0.5) is 0 Å². The molecule has 0 radical (unpaired) electrons. The number of hydrogen-bond donors (Lipinski definition) is 1. The maximum absolute atomic E-state index is 12.4. The number of aromatic nitrogens is 3. The van der Waals surface area contributed by atoms with Crippen molar-refractivity contribution in [2.45, 2.75) is 26.3 Å². The highest BCUT2D eigenvalue weighted by molar-refractivity contribution is 5.78. The first kappa shape index (κ1) is 16.2. The number of likely N-dealkylation sites (tertiary alicyclic amines) is 1. The highest BCUT2D eigenvalue weighted by Gasteiger charge is 2.31. The number of pyridine rings is 1. The molecule has 1 aliphatic heterocycles. The average molecular weight is 332 g/mol. The van der Waals surface area contributed by atoms with Crippen LogP contribution in [0, 0.1) is 11.8 Å². The Morgan fingerprint density at radius 2 is 2.12 bits per heavy atom. The highest BCUT2D eigenvalue weighted by Crippen LogP contribution is 2.22. The normalized spacial score (nSPS) is 21.1. The lowest BCUT2D eigenvalue weighted by Crippen LogP contribution is -2.45. The van der Waals surface area contributed by atoms with Gasteiger partial charge in [0.05, 0.1) is 12.5 Å². The first-order valence-electron chi connectivity index (χ1n) is 8.00. The SMILES string of the molecule is CC1CC(C(=O)O)CN(C(=O)CCn2nc3ccccn3c2=O)C1. The number of nitrogens with zero attached hydrogens (tertiary/aromatic N) is 4. The summed E-state index contributed by atoms with van der Waals surface area (Å²) in [6.07, 6.45) is 2.35. The summed E-state index contributed by atoms with van der Waals surface area (Å²) in [7, 11) is 0. The van der Waals surface area contributed by atoms with E-state index in [1.54, 1.807) is 29.3 Å². The van der Waals surface area contributed by atoms with Crippen molar-refractivity contribution in [3.05, 3.63) is 34.9 Å². The smallest absolute Gasteiger partial charge is 0.350 e. The number of carbonyl (C=O) groups is 2. The molecule has 1 N–H and O–H groups in total. The summed E-state index contributed by atoms with van der Waals surface area (Å²) in [5.41, 5.74) is 0.251. The number of aliphatic carboxylic acids is 1. The van der Waals surface area contributed by atoms with Crippen molar-refractivity contribution in [1.82, 2.24) is 19.1 Å². The number of carbonyl (C=O) groups excluding carboxylic acids is 1. The van der Waals surface area contributed by atoms with Gasteiger partial charge in [-0.05, 0) is 24.5 Å². The van der Waals surface area contributed by atoms with Gasteiger partial charge in [-0.15, -0.1) is 5.10 Å². The fourth-order valence-corrected chi connectivity index (χ4v) is 3.21. The Bertz CT molecular complexity index is 825. The largest absolute Gasteiger partial charge is 0.481 e. The highest BCUT2D eigenvalue weighted by atomic mass is 16.4. The van der Waals surface area contributed by atoms with Gasteiger partial charge in [0, 0.05) is 25.7 Å². The summed E-state index contributed by atoms with van der Waals surface area (Å²) in [5, 5.41) is 13.4. The minimum Gasteiger partial charge on any atom is -0.481 e. The molecule has 2 aromatic heterocycles. The Morgan fingerprint density at radius 1 is 1.33 bits per heavy atom. The van der Waals surface area contributed by atoms with Crippen molar-refractivity contribution in [3.8, 4) is 0 Å². The van der Waals surface area contributed by atoms with E-state index in [0.29, 0.717) is 18.6 Å². The topological polar surface area (TPSA) is 96.9 Å². The van der Waals surface area contributed by atoms with Crippen LogP contribution in [-0.2, 0) is 16.1 Å². The quantitative estimate of drug-likeness (QED) is 0.877. The molecule has 1 fully saturated rings. The van der Waals surface area contributed by atoms with E-state index in [0.717, 1.165) is 0 Å². The molecule has 24 heavy (non-hydrogen) atoms. The molecule has 1 aliphatic rings. The van der Waals surface area contributed by atoms with Crippen LogP contribution >= 0.6 is 0 Å². The number of aryl methyl sites for hydroxylation is 1. The third kappa shape index (κ3) is 3.17. The number of carboxylic acid groups (broad SMARTS) is 1. The standard InChI is InChI=1S/C16H20N4O4/c1-11-8-12(15(22)23)10-18(9-11)14(21)5-7-20-16(24)19-6-3-2-4-13(19)17-20/h2-4,6,11-12H,5,7-10H2,1H3,(H,22,23). The van der Waals surface area contributed by atoms with Gasteiger partial charge in [-0.1, -0.05) is 13.0 Å². The van der Waals surface area contributed by atoms with E-state index in [1.165, 1.54) is 9.08 Å². The fraction of sp³-hybridized carbons (Fsp3) is 0.500. The van der Waals surface area contributed by atoms with E-state index in [1.807, 2.05) is 6.92 Å². The van der Waals surface area contributed by atoms with Gasteiger partial charge in [0.15, 0.2) is 5.65 Å². The maximum Gasteiger partial charge on any atom is 0.350 e. The van der Waals surface area contributed by atoms with Crippen LogP contribution in [0.5, 0.6) is 0 Å². The van der Waals surface area contributed by atoms with Crippen LogP contribution in [0.15, 0.2) is 29.2 Å². The number of amides is 1. The zero-order chi connectivity index (χ0) is 17.3. The molecule has 2 unspecified atom stereocenters. The van der Waals surface area contributed by atoms with Crippen molar-refractivity contribution in [2.75, 3.05) is 13.1 Å². The molecule has 0 aliphatic carbocycles. The first-order chi connectivity index (χ1) is 11.5. The molecular weight excluding hydrogens is 312 g/mol. The molecule has 3 heterocycles. The molecule has 0 saturated carbocycles. The average Bonchev–Trinajstić information content (AvgIpc) is 2.88. The molecule has 128 valence electrons. The van der Waals surface area contributed by atoms with Crippen LogP contribution in [0.1, 0.15) is 19.8 Å². The summed E-state index contributed by atoms with van der Waals surface area (Å²) < 4.78 is 2.70. The fourth-order valence-electron chi connectivity index (χ4n) is 3.21. The predicted molar refractivity (Wildman–Crippen MR) is 85.6 cm³/mol. The zero-order valence-electron chi connectivity index (χ0n) is 13.5. The Morgan fingerprint density at radius 3 is 2.83 bits per heavy atom. The van der Waals surface area contributed by atoms with E-state index in [-0.39, 0.29) is 37.0 Å². The summed E-state index contributed by atoms with van der Waals surface area (Å²) in [6, 6.07) is 5.26. The number of piperidine rings is 1. The Hall–Kier alpha value is -2.64. The molecule has 0 spiro atoms. The molecule has 1 saturated heterocycles. The molecule has 0 aromatic carbocycles. The number of hydrogen-bond acceptors (Lipinski definition) is 4. The van der Waals surface area contributed by atoms with Crippen LogP contribution in [0.25, 0.3) is 5.65 Å². The van der Waals surface area contributed by atoms with E-state index in [2.05, 4.69) is 5.10 Å². The van der Waals surface area contributed by atoms with Gasteiger partial charge < -0.3 is 10.0 Å². The van der Waals surface area contributed by atoms with Gasteiger partial charge in [0.2, 0.25) is 5.91 Å². The van der Waals surface area contributed by atoms with Gasteiger partial charge >= 0.3 is 11.7 Å². The summed E-state index contributed by atoms with van der Waals surface area (Å²) >= 11 is 0. The lowest BCUT2D eigenvalue weighted by molar-refractivity contribution is -0.147. The van der Waals surface area contributed by atoms with Gasteiger partial charge in [-0.3, -0.25) is 14.0 Å². The molecule has 0 bridgehead atoms. The second-order valence-electron chi connectivity index (χ2n) is 6.36. The predicted octanol–water partition coefficient (Wildman–Crippen LogP) is 0.455. The monoisotopic (exact) mass is 332 g/mol. The van der Waals surface area contributed by atoms with Gasteiger partial charge in [0.1, 0.15) is 0 Å². The van der Waals surface area contributed by atoms with Crippen molar-refractivity contribution >= 4 is 17.5 Å². The summed E-state index contributed by atoms with van der Waals surface area (Å²) in [5.74, 6) is -1.37. The molecule has 3 rings (SSSR count). The molecule has 2 aromatic rings. The van der Waals surface area contributed by atoms with Gasteiger partial charge in [0.25, 0.3) is 0 Å². The minimum atomic E-state index is -0.865. The Kier molecular flexibility index (Phi) is 4.37. The van der Waals surface area contributed by atoms with Gasteiger partial charge in [-0.25, -0.2) is 9.48 Å². The van der Waals surface area contributed by atoms with Crippen molar-refractivity contribution in [1.29, 1.82) is 0 Å². The van der Waals surface area contributed by atoms with Crippen LogP contribution in [0.2, 0.25) is 0 Å². The molecule has 8 nitrogen and oxygen atoms in total. The zero-order valence-corrected chi connectivity index (χ0v) is 13.5. The second kappa shape index (κ2) is 6.46. The third-order valence-corrected chi connectivity index (χ3v) is 4.39. The van der Waals surface area contributed by atoms with Crippen LogP contribution in [0.3, 0.4) is 0 Å². The number of rotatable bonds is 4. The van der Waals surface area contributed by atoms with E-state index < -0.39 is 11.9 Å². The maximum atomic E-state index is 12.4. The second-order valence-corrected chi connectivity index (χ2v) is 6.36. The van der Waals surface area contributed by atoms with E-state index in [9.17, 15) is 19.5 Å². The third-order valence-electron chi connectivity index (χ3n) is 4.39. The van der Waals surface area contributed by atoms with E-state index in [4.69, 9.17) is 0 Å². The van der Waals surface area contributed by atoms with Gasteiger partial charge in [-0.2, -0.15) is 0 Å². The molecule has 2 atom stereocenters. The van der Waals surface area contributed by atoms with Crippen LogP contribution < -0.4 is 5.69 Å². The molecule has 8 heteroatoms. The van der Waals surface area contributed by atoms with E-state index >= 15 is 0 Å². The number of fused-ring (bicyclic) bond motifs is 1. The van der Waals surface area contributed by atoms with Crippen molar-refractivity contribution < 1.29 is 14.7 Å². The first-order valence-corrected chi connectivity index (χ1v) is 8.00. The molecule has 1 amide bonds. The lowest BCUT2D eigenvalue weighted by Gasteiger charge is -2.34. The number of carboxylic acids is 1. The van der Waals surface area contributed by atoms with Crippen molar-refractivity contribution in [3.63, 3.8) is 0 Å². The summed E-state index contributed by atoms with van der Waals surface area (Å²) in [6.45, 7) is 2.92. The van der Waals surface area contributed by atoms with Crippen LogP contribution in [-0.4, -0.2) is 49.2 Å². The van der Waals surface area contributed by atoms with Crippen molar-refractivity contribution in [2.24, 2.45) is 11.8 Å². The molecular formula is C16H20N4O4. The Balaban J connectivity index is 1.67. The minimum absolute atomic E-state index is 0.128.